The van der Waals surface area contributed by atoms with Crippen molar-refractivity contribution in [1.82, 2.24) is 4.90 Å². The topological polar surface area (TPSA) is 46.6 Å². The Morgan fingerprint density at radius 2 is 2.29 bits per heavy atom. The molecular formula is C13H19NO3. The first-order chi connectivity index (χ1) is 8.08. The largest absolute Gasteiger partial charge is 0.465 e. The molecule has 94 valence electrons. The van der Waals surface area contributed by atoms with Gasteiger partial charge < -0.3 is 9.64 Å². The van der Waals surface area contributed by atoms with E-state index in [9.17, 15) is 9.59 Å². The second kappa shape index (κ2) is 4.61. The lowest BCUT2D eigenvalue weighted by molar-refractivity contribution is -0.155. The number of allylic oxidation sites excluding steroid dienone is 1. The number of hydrogen-bond donors (Lipinski definition) is 0. The van der Waals surface area contributed by atoms with Crippen molar-refractivity contribution in [2.75, 3.05) is 26.7 Å². The molecule has 4 nitrogen and oxygen atoms in total. The molecule has 4 heteroatoms. The van der Waals surface area contributed by atoms with Gasteiger partial charge in [0, 0.05) is 13.0 Å². The van der Waals surface area contributed by atoms with E-state index in [-0.39, 0.29) is 11.8 Å². The summed E-state index contributed by atoms with van der Waals surface area (Å²) in [6.45, 7) is 3.80. The van der Waals surface area contributed by atoms with Crippen LogP contribution < -0.4 is 0 Å². The van der Waals surface area contributed by atoms with E-state index in [0.717, 1.165) is 18.5 Å². The molecule has 1 aliphatic carbocycles. The zero-order chi connectivity index (χ0) is 12.5. The minimum absolute atomic E-state index is 0.134. The molecular weight excluding hydrogens is 218 g/mol. The Morgan fingerprint density at radius 1 is 1.53 bits per heavy atom. The van der Waals surface area contributed by atoms with E-state index in [2.05, 4.69) is 4.90 Å². The van der Waals surface area contributed by atoms with Crippen molar-refractivity contribution in [3.05, 3.63) is 11.6 Å². The maximum Gasteiger partial charge on any atom is 0.316 e. The van der Waals surface area contributed by atoms with Gasteiger partial charge in [-0.05, 0) is 45.0 Å². The number of carbonyl (C=O) groups is 2. The highest BCUT2D eigenvalue weighted by atomic mass is 16.5. The van der Waals surface area contributed by atoms with Gasteiger partial charge in [-0.3, -0.25) is 9.59 Å². The molecule has 0 bridgehead atoms. The fourth-order valence-corrected chi connectivity index (χ4v) is 2.74. The van der Waals surface area contributed by atoms with E-state index in [1.807, 2.05) is 14.0 Å². The first kappa shape index (κ1) is 12.3. The summed E-state index contributed by atoms with van der Waals surface area (Å²) in [7, 11) is 2.01. The van der Waals surface area contributed by atoms with E-state index in [1.165, 1.54) is 0 Å². The molecule has 2 aliphatic rings. The van der Waals surface area contributed by atoms with Crippen LogP contribution >= 0.6 is 0 Å². The molecule has 0 aromatic heterocycles. The number of piperidine rings is 1. The lowest BCUT2D eigenvalue weighted by Crippen LogP contribution is -2.47. The highest BCUT2D eigenvalue weighted by molar-refractivity contribution is 5.95. The van der Waals surface area contributed by atoms with E-state index in [1.54, 1.807) is 6.08 Å². The molecule has 0 amide bonds. The molecule has 0 aromatic rings. The molecule has 0 saturated carbocycles. The van der Waals surface area contributed by atoms with Crippen LogP contribution in [0.2, 0.25) is 0 Å². The smallest absolute Gasteiger partial charge is 0.316 e. The fraction of sp³-hybridized carbons (Fsp3) is 0.692. The summed E-state index contributed by atoms with van der Waals surface area (Å²) in [4.78, 5) is 25.8. The van der Waals surface area contributed by atoms with Gasteiger partial charge in [0.05, 0.1) is 12.0 Å². The lowest BCUT2D eigenvalue weighted by Gasteiger charge is -2.42. The van der Waals surface area contributed by atoms with E-state index < -0.39 is 5.41 Å². The summed E-state index contributed by atoms with van der Waals surface area (Å²) < 4.78 is 5.20. The highest BCUT2D eigenvalue weighted by Crippen LogP contribution is 2.43. The third kappa shape index (κ3) is 2.14. The van der Waals surface area contributed by atoms with E-state index in [4.69, 9.17) is 4.74 Å². The Kier molecular flexibility index (Phi) is 3.33. The van der Waals surface area contributed by atoms with Crippen LogP contribution in [0.15, 0.2) is 11.6 Å². The predicted octanol–water partition coefficient (Wildman–Crippen LogP) is 1.16. The second-order valence-corrected chi connectivity index (χ2v) is 4.93. The first-order valence-electron chi connectivity index (χ1n) is 6.18. The number of ketones is 1. The van der Waals surface area contributed by atoms with E-state index >= 15 is 0 Å². The fourth-order valence-electron chi connectivity index (χ4n) is 2.74. The Labute approximate surface area is 102 Å². The molecule has 2 rings (SSSR count). The van der Waals surface area contributed by atoms with Crippen molar-refractivity contribution in [2.45, 2.75) is 26.2 Å². The summed E-state index contributed by atoms with van der Waals surface area (Å²) in [6, 6.07) is 0. The SMILES string of the molecule is CCOC(=O)C12CCC(=O)C=C1CN(C)CC2. The molecule has 1 fully saturated rings. The first-order valence-corrected chi connectivity index (χ1v) is 6.18. The third-order valence-corrected chi connectivity index (χ3v) is 3.77. The molecule has 1 atom stereocenters. The second-order valence-electron chi connectivity index (χ2n) is 4.93. The number of ether oxygens (including phenoxy) is 1. The molecule has 0 N–H and O–H groups in total. The van der Waals surface area contributed by atoms with Gasteiger partial charge in [0.15, 0.2) is 5.78 Å². The van der Waals surface area contributed by atoms with Gasteiger partial charge >= 0.3 is 5.97 Å². The quantitative estimate of drug-likeness (QED) is 0.676. The number of nitrogens with zero attached hydrogens (tertiary/aromatic N) is 1. The van der Waals surface area contributed by atoms with E-state index in [0.29, 0.717) is 26.0 Å². The summed E-state index contributed by atoms with van der Waals surface area (Å²) in [5.41, 5.74) is 0.428. The van der Waals surface area contributed by atoms with Crippen LogP contribution in [0, 0.1) is 5.41 Å². The minimum Gasteiger partial charge on any atom is -0.465 e. The average molecular weight is 237 g/mol. The predicted molar refractivity (Wildman–Crippen MR) is 63.5 cm³/mol. The maximum atomic E-state index is 12.2. The monoisotopic (exact) mass is 237 g/mol. The Balaban J connectivity index is 2.31. The molecule has 1 saturated heterocycles. The van der Waals surface area contributed by atoms with Crippen LogP contribution in [-0.2, 0) is 14.3 Å². The summed E-state index contributed by atoms with van der Waals surface area (Å²) in [5.74, 6) is -0.0120. The zero-order valence-corrected chi connectivity index (χ0v) is 10.5. The van der Waals surface area contributed by atoms with Crippen molar-refractivity contribution in [1.29, 1.82) is 0 Å². The molecule has 0 aromatic carbocycles. The Hall–Kier alpha value is -1.16. The third-order valence-electron chi connectivity index (χ3n) is 3.77. The maximum absolute atomic E-state index is 12.2. The highest BCUT2D eigenvalue weighted by Gasteiger charge is 2.47. The van der Waals surface area contributed by atoms with Crippen molar-refractivity contribution in [3.8, 4) is 0 Å². The number of carbonyl (C=O) groups excluding carboxylic acids is 2. The number of likely N-dealkylation sites (tertiary alicyclic amines) is 1. The minimum atomic E-state index is -0.517. The van der Waals surface area contributed by atoms with Crippen LogP contribution in [0.5, 0.6) is 0 Å². The molecule has 0 spiro atoms. The summed E-state index contributed by atoms with van der Waals surface area (Å²) in [6.07, 6.45) is 3.51. The normalized spacial score (nSPS) is 29.5. The van der Waals surface area contributed by atoms with Crippen LogP contribution in [0.3, 0.4) is 0 Å². The van der Waals surface area contributed by atoms with Crippen molar-refractivity contribution < 1.29 is 14.3 Å². The number of likely N-dealkylation sites (N-methyl/N-ethyl adjacent to an activating group) is 1. The van der Waals surface area contributed by atoms with Gasteiger partial charge in [0.1, 0.15) is 0 Å². The Morgan fingerprint density at radius 3 is 3.00 bits per heavy atom. The number of fused-ring (bicyclic) bond motifs is 1. The molecule has 1 heterocycles. The standard InChI is InChI=1S/C13H19NO3/c1-3-17-12(16)13-5-4-11(15)8-10(13)9-14(2)7-6-13/h8H,3-7,9H2,1-2H3. The molecule has 17 heavy (non-hydrogen) atoms. The summed E-state index contributed by atoms with van der Waals surface area (Å²) in [5, 5.41) is 0. The van der Waals surface area contributed by atoms with Gasteiger partial charge in [-0.25, -0.2) is 0 Å². The van der Waals surface area contributed by atoms with Crippen molar-refractivity contribution >= 4 is 11.8 Å². The molecule has 1 aliphatic heterocycles. The van der Waals surface area contributed by atoms with Crippen LogP contribution in [0.25, 0.3) is 0 Å². The number of hydrogen-bond acceptors (Lipinski definition) is 4. The lowest BCUT2D eigenvalue weighted by atomic mass is 9.68. The van der Waals surface area contributed by atoms with Crippen LogP contribution in [0.1, 0.15) is 26.2 Å². The van der Waals surface area contributed by atoms with Gasteiger partial charge in [-0.2, -0.15) is 0 Å². The zero-order valence-electron chi connectivity index (χ0n) is 10.5. The van der Waals surface area contributed by atoms with Crippen molar-refractivity contribution in [3.63, 3.8) is 0 Å². The summed E-state index contributed by atoms with van der Waals surface area (Å²) >= 11 is 0. The Bertz CT molecular complexity index is 375. The number of rotatable bonds is 2. The van der Waals surface area contributed by atoms with Gasteiger partial charge in [-0.15, -0.1) is 0 Å². The molecule has 0 radical (unpaired) electrons. The van der Waals surface area contributed by atoms with Gasteiger partial charge in [0.2, 0.25) is 0 Å². The van der Waals surface area contributed by atoms with Crippen LogP contribution in [-0.4, -0.2) is 43.4 Å². The molecule has 1 unspecified atom stereocenters. The van der Waals surface area contributed by atoms with Crippen molar-refractivity contribution in [2.24, 2.45) is 5.41 Å². The number of esters is 1. The van der Waals surface area contributed by atoms with Crippen LogP contribution in [0.4, 0.5) is 0 Å². The average Bonchev–Trinajstić information content (AvgIpc) is 2.29. The van der Waals surface area contributed by atoms with Gasteiger partial charge in [-0.1, -0.05) is 0 Å². The van der Waals surface area contributed by atoms with Gasteiger partial charge in [0.25, 0.3) is 0 Å².